The molecule has 0 aromatic carbocycles. The summed E-state index contributed by atoms with van der Waals surface area (Å²) in [4.78, 5) is 0. The smallest absolute Gasteiger partial charge is 0.211 e. The van der Waals surface area contributed by atoms with Crippen LogP contribution < -0.4 is 4.72 Å². The van der Waals surface area contributed by atoms with Gasteiger partial charge in [-0.3, -0.25) is 0 Å². The van der Waals surface area contributed by atoms with Crippen LogP contribution in [0.3, 0.4) is 0 Å². The maximum absolute atomic E-state index is 10.9. The number of nitrogens with one attached hydrogen (secondary N) is 1. The molecule has 0 radical (unpaired) electrons. The summed E-state index contributed by atoms with van der Waals surface area (Å²) < 4.78 is 24.3. The molecule has 5 heteroatoms. The first-order valence-electron chi connectivity index (χ1n) is 3.40. The van der Waals surface area contributed by atoms with Gasteiger partial charge in [-0.2, -0.15) is 0 Å². The second-order valence-electron chi connectivity index (χ2n) is 3.06. The zero-order valence-electron chi connectivity index (χ0n) is 7.02. The van der Waals surface area contributed by atoms with Gasteiger partial charge in [-0.1, -0.05) is 6.92 Å². The van der Waals surface area contributed by atoms with Gasteiger partial charge in [0.2, 0.25) is 10.0 Å². The van der Waals surface area contributed by atoms with E-state index < -0.39 is 15.6 Å². The Morgan fingerprint density at radius 2 is 1.91 bits per heavy atom. The number of rotatable bonds is 4. The largest absolute Gasteiger partial charge is 0.226 e. The van der Waals surface area contributed by atoms with E-state index in [1.54, 1.807) is 0 Å². The molecule has 0 aromatic rings. The van der Waals surface area contributed by atoms with Gasteiger partial charge in [0, 0.05) is 5.54 Å². The van der Waals surface area contributed by atoms with Crippen molar-refractivity contribution in [3.05, 3.63) is 0 Å². The van der Waals surface area contributed by atoms with Gasteiger partial charge in [0.1, 0.15) is 5.21 Å². The summed E-state index contributed by atoms with van der Waals surface area (Å²) in [6.45, 7) is 5.55. The molecular weight excluding hydrogens is 186 g/mol. The fraction of sp³-hybridized carbons (Fsp3) is 1.00. The number of halogens is 1. The first-order chi connectivity index (χ1) is 4.83. The van der Waals surface area contributed by atoms with Gasteiger partial charge in [-0.15, -0.1) is 11.6 Å². The van der Waals surface area contributed by atoms with E-state index in [1.165, 1.54) is 0 Å². The van der Waals surface area contributed by atoms with Crippen LogP contribution in [0.5, 0.6) is 0 Å². The molecule has 0 saturated heterocycles. The summed E-state index contributed by atoms with van der Waals surface area (Å²) in [5, 5.41) is -0.379. The summed E-state index contributed by atoms with van der Waals surface area (Å²) in [7, 11) is -3.27. The van der Waals surface area contributed by atoms with Gasteiger partial charge in [-0.25, -0.2) is 13.1 Å². The van der Waals surface area contributed by atoms with Crippen LogP contribution in [0.1, 0.15) is 27.2 Å². The number of hydrogen-bond donors (Lipinski definition) is 1. The highest BCUT2D eigenvalue weighted by atomic mass is 35.5. The second kappa shape index (κ2) is 3.74. The van der Waals surface area contributed by atoms with Crippen molar-refractivity contribution in [3.8, 4) is 0 Å². The van der Waals surface area contributed by atoms with Crippen LogP contribution in [-0.4, -0.2) is 19.2 Å². The van der Waals surface area contributed by atoms with E-state index >= 15 is 0 Å². The van der Waals surface area contributed by atoms with E-state index in [0.717, 1.165) is 6.42 Å². The minimum Gasteiger partial charge on any atom is -0.211 e. The van der Waals surface area contributed by atoms with Crippen molar-refractivity contribution in [2.75, 3.05) is 5.21 Å². The predicted molar refractivity (Wildman–Crippen MR) is 47.1 cm³/mol. The van der Waals surface area contributed by atoms with Crippen LogP contribution in [0.2, 0.25) is 0 Å². The first kappa shape index (κ1) is 11.2. The third-order valence-corrected chi connectivity index (χ3v) is 3.47. The zero-order valence-corrected chi connectivity index (χ0v) is 8.59. The highest BCUT2D eigenvalue weighted by Gasteiger charge is 2.21. The second-order valence-corrected chi connectivity index (χ2v) is 5.37. The van der Waals surface area contributed by atoms with Gasteiger partial charge >= 0.3 is 0 Å². The molecule has 0 amide bonds. The molecule has 0 fully saturated rings. The molecule has 0 unspecified atom stereocenters. The molecule has 0 saturated carbocycles. The molecule has 0 aliphatic rings. The normalized spacial score (nSPS) is 13.5. The fourth-order valence-electron chi connectivity index (χ4n) is 0.520. The lowest BCUT2D eigenvalue weighted by molar-refractivity contribution is 0.441. The highest BCUT2D eigenvalue weighted by Crippen LogP contribution is 2.09. The van der Waals surface area contributed by atoms with Crippen molar-refractivity contribution in [1.29, 1.82) is 0 Å². The number of alkyl halides is 1. The molecule has 0 heterocycles. The lowest BCUT2D eigenvalue weighted by atomic mass is 10.0. The molecule has 1 N–H and O–H groups in total. The van der Waals surface area contributed by atoms with Crippen LogP contribution in [0, 0.1) is 0 Å². The Kier molecular flexibility index (Phi) is 3.80. The first-order valence-corrected chi connectivity index (χ1v) is 5.59. The summed E-state index contributed by atoms with van der Waals surface area (Å²) in [5.41, 5.74) is -0.395. The van der Waals surface area contributed by atoms with Gasteiger partial charge in [0.25, 0.3) is 0 Å². The Hall–Kier alpha value is 0.200. The highest BCUT2D eigenvalue weighted by molar-refractivity contribution is 7.90. The SMILES string of the molecule is CCC(C)(C)NS(=O)(=O)CCl. The number of sulfonamides is 1. The van der Waals surface area contributed by atoms with Crippen molar-refractivity contribution >= 4 is 21.6 Å². The molecule has 3 nitrogen and oxygen atoms in total. The maximum Gasteiger partial charge on any atom is 0.226 e. The lowest BCUT2D eigenvalue weighted by Gasteiger charge is -2.23. The molecule has 68 valence electrons. The van der Waals surface area contributed by atoms with Crippen molar-refractivity contribution in [1.82, 2.24) is 4.72 Å². The van der Waals surface area contributed by atoms with Gasteiger partial charge < -0.3 is 0 Å². The van der Waals surface area contributed by atoms with E-state index in [4.69, 9.17) is 11.6 Å². The predicted octanol–water partition coefficient (Wildman–Crippen LogP) is 1.29. The molecule has 0 spiro atoms. The Balaban J connectivity index is 4.26. The fourth-order valence-corrected chi connectivity index (χ4v) is 1.72. The van der Waals surface area contributed by atoms with Crippen LogP contribution in [0.4, 0.5) is 0 Å². The van der Waals surface area contributed by atoms with Crippen LogP contribution in [0.15, 0.2) is 0 Å². The zero-order chi connectivity index (χ0) is 9.12. The van der Waals surface area contributed by atoms with Crippen LogP contribution >= 0.6 is 11.6 Å². The monoisotopic (exact) mass is 199 g/mol. The van der Waals surface area contributed by atoms with E-state index in [-0.39, 0.29) is 5.21 Å². The minimum atomic E-state index is -3.27. The molecule has 0 atom stereocenters. The summed E-state index contributed by atoms with van der Waals surface area (Å²) >= 11 is 5.21. The van der Waals surface area contributed by atoms with Crippen molar-refractivity contribution in [2.45, 2.75) is 32.7 Å². The van der Waals surface area contributed by atoms with Crippen molar-refractivity contribution in [3.63, 3.8) is 0 Å². The molecule has 0 aromatic heterocycles. The molecule has 0 aliphatic carbocycles. The Morgan fingerprint density at radius 3 is 2.18 bits per heavy atom. The standard InChI is InChI=1S/C6H14ClNO2S/c1-4-6(2,3)8-11(9,10)5-7/h8H,4-5H2,1-3H3. The molecule has 0 bridgehead atoms. The number of hydrogen-bond acceptors (Lipinski definition) is 2. The third-order valence-electron chi connectivity index (χ3n) is 1.46. The summed E-state index contributed by atoms with van der Waals surface area (Å²) in [5.74, 6) is 0. The van der Waals surface area contributed by atoms with Crippen LogP contribution in [-0.2, 0) is 10.0 Å². The average molecular weight is 200 g/mol. The topological polar surface area (TPSA) is 46.2 Å². The quantitative estimate of drug-likeness (QED) is 0.694. The molecule has 11 heavy (non-hydrogen) atoms. The van der Waals surface area contributed by atoms with E-state index in [1.807, 2.05) is 20.8 Å². The van der Waals surface area contributed by atoms with E-state index in [2.05, 4.69) is 4.72 Å². The van der Waals surface area contributed by atoms with Gasteiger partial charge in [0.15, 0.2) is 0 Å². The molecule has 0 rings (SSSR count). The van der Waals surface area contributed by atoms with Crippen molar-refractivity contribution in [2.24, 2.45) is 0 Å². The maximum atomic E-state index is 10.9. The van der Waals surface area contributed by atoms with E-state index in [9.17, 15) is 8.42 Å². The van der Waals surface area contributed by atoms with Gasteiger partial charge in [0.05, 0.1) is 0 Å². The molecular formula is C6H14ClNO2S. The van der Waals surface area contributed by atoms with Crippen molar-refractivity contribution < 1.29 is 8.42 Å². The van der Waals surface area contributed by atoms with Crippen LogP contribution in [0.25, 0.3) is 0 Å². The lowest BCUT2D eigenvalue weighted by Crippen LogP contribution is -2.43. The Morgan fingerprint density at radius 1 is 1.45 bits per heavy atom. The third kappa shape index (κ3) is 4.61. The summed E-state index contributed by atoms with van der Waals surface area (Å²) in [6, 6.07) is 0. The Labute approximate surface area is 73.2 Å². The Bertz CT molecular complexity index is 211. The molecule has 0 aliphatic heterocycles. The average Bonchev–Trinajstić information content (AvgIpc) is 1.86. The van der Waals surface area contributed by atoms with E-state index in [0.29, 0.717) is 0 Å². The minimum absolute atomic E-state index is 0.379. The summed E-state index contributed by atoms with van der Waals surface area (Å²) in [6.07, 6.45) is 0.739. The van der Waals surface area contributed by atoms with Gasteiger partial charge in [-0.05, 0) is 20.3 Å².